The number of hydroxylamine groups is 1. The molecule has 0 saturated carbocycles. The fourth-order valence-electron chi connectivity index (χ4n) is 1.40. The number of carbonyl (C=O) groups is 1. The number of carbonyl (C=O) groups excluding carboxylic acids is 1. The van der Waals surface area contributed by atoms with E-state index in [9.17, 15) is 4.79 Å². The summed E-state index contributed by atoms with van der Waals surface area (Å²) in [6.07, 6.45) is 10.8. The standard InChI is InChI=1S/C11H23NO2.K.H/c1-2-3-4-5-6-7-8-9-10-14-12-11-13;;/h11H,2-10H2,1H3,(H,12,13);;. The molecule has 0 aliphatic rings. The second kappa shape index (κ2) is 17.5. The molecule has 0 unspecified atom stereocenters. The van der Waals surface area contributed by atoms with Gasteiger partial charge in [0.25, 0.3) is 0 Å². The second-order valence-electron chi connectivity index (χ2n) is 3.56. The Hall–Kier alpha value is 1.07. The van der Waals surface area contributed by atoms with Crippen LogP contribution in [0.2, 0.25) is 0 Å². The zero-order chi connectivity index (χ0) is 10.5. The van der Waals surface area contributed by atoms with Crippen LogP contribution < -0.4 is 5.48 Å². The summed E-state index contributed by atoms with van der Waals surface area (Å²) in [6, 6.07) is 0. The van der Waals surface area contributed by atoms with Crippen LogP contribution in [-0.2, 0) is 9.63 Å². The summed E-state index contributed by atoms with van der Waals surface area (Å²) in [6.45, 7) is 2.87. The molecule has 15 heavy (non-hydrogen) atoms. The molecule has 1 amide bonds. The van der Waals surface area contributed by atoms with Gasteiger partial charge in [0.15, 0.2) is 0 Å². The Morgan fingerprint density at radius 3 is 2.07 bits per heavy atom. The maximum atomic E-state index is 9.80. The average Bonchev–Trinajstić information content (AvgIpc) is 2.21. The molecular weight excluding hydrogens is 217 g/mol. The van der Waals surface area contributed by atoms with Crippen LogP contribution in [0.1, 0.15) is 58.3 Å². The fourth-order valence-corrected chi connectivity index (χ4v) is 1.40. The van der Waals surface area contributed by atoms with Crippen molar-refractivity contribution in [3.8, 4) is 0 Å². The van der Waals surface area contributed by atoms with Gasteiger partial charge in [-0.2, -0.15) is 0 Å². The number of amides is 1. The second-order valence-corrected chi connectivity index (χ2v) is 3.56. The molecule has 0 bridgehead atoms. The first kappa shape index (κ1) is 18.4. The van der Waals surface area contributed by atoms with Crippen LogP contribution >= 0.6 is 0 Å². The van der Waals surface area contributed by atoms with Crippen molar-refractivity contribution < 1.29 is 9.63 Å². The van der Waals surface area contributed by atoms with Gasteiger partial charge < -0.3 is 0 Å². The Kier molecular flexibility index (Phi) is 21.5. The monoisotopic (exact) mass is 241 g/mol. The van der Waals surface area contributed by atoms with Gasteiger partial charge in [0.2, 0.25) is 6.41 Å². The van der Waals surface area contributed by atoms with Crippen LogP contribution in [0.15, 0.2) is 0 Å². The molecule has 0 aromatic heterocycles. The third-order valence-corrected chi connectivity index (χ3v) is 2.23. The van der Waals surface area contributed by atoms with E-state index < -0.39 is 0 Å². The van der Waals surface area contributed by atoms with Crippen LogP contribution in [0.3, 0.4) is 0 Å². The van der Waals surface area contributed by atoms with Crippen molar-refractivity contribution in [2.75, 3.05) is 6.61 Å². The normalized spacial score (nSPS) is 9.40. The average molecular weight is 241 g/mol. The Bertz CT molecular complexity index is 123. The number of unbranched alkanes of at least 4 members (excludes halogenated alkanes) is 7. The van der Waals surface area contributed by atoms with Gasteiger partial charge in [-0.15, -0.1) is 0 Å². The molecule has 3 nitrogen and oxygen atoms in total. The van der Waals surface area contributed by atoms with E-state index >= 15 is 0 Å². The van der Waals surface area contributed by atoms with Gasteiger partial charge in [0.05, 0.1) is 6.61 Å². The van der Waals surface area contributed by atoms with Gasteiger partial charge in [-0.3, -0.25) is 9.63 Å². The van der Waals surface area contributed by atoms with Crippen molar-refractivity contribution in [1.82, 2.24) is 5.48 Å². The molecule has 0 radical (unpaired) electrons. The summed E-state index contributed by atoms with van der Waals surface area (Å²) in [7, 11) is 0. The van der Waals surface area contributed by atoms with Gasteiger partial charge in [-0.05, 0) is 6.42 Å². The predicted octanol–water partition coefficient (Wildman–Crippen LogP) is 2.16. The first-order valence-corrected chi connectivity index (χ1v) is 5.72. The topological polar surface area (TPSA) is 38.3 Å². The molecule has 0 aliphatic carbocycles. The molecule has 0 aromatic rings. The number of rotatable bonds is 11. The summed E-state index contributed by atoms with van der Waals surface area (Å²) in [5.41, 5.74) is 2.19. The van der Waals surface area contributed by atoms with Crippen molar-refractivity contribution in [2.45, 2.75) is 58.3 Å². The Labute approximate surface area is 136 Å². The summed E-state index contributed by atoms with van der Waals surface area (Å²) < 4.78 is 0. The minimum absolute atomic E-state index is 0. The Morgan fingerprint density at radius 2 is 1.53 bits per heavy atom. The van der Waals surface area contributed by atoms with E-state index in [0.717, 1.165) is 6.42 Å². The Morgan fingerprint density at radius 1 is 1.00 bits per heavy atom. The van der Waals surface area contributed by atoms with Gasteiger partial charge >= 0.3 is 51.4 Å². The van der Waals surface area contributed by atoms with Crippen molar-refractivity contribution >= 4 is 57.8 Å². The van der Waals surface area contributed by atoms with E-state index in [1.165, 1.54) is 44.9 Å². The first-order valence-electron chi connectivity index (χ1n) is 5.72. The molecule has 86 valence electrons. The van der Waals surface area contributed by atoms with Crippen LogP contribution in [0.5, 0.6) is 0 Å². The molecule has 0 aliphatic heterocycles. The van der Waals surface area contributed by atoms with Gasteiger partial charge in [0.1, 0.15) is 0 Å². The molecule has 1 N–H and O–H groups in total. The number of nitrogens with one attached hydrogen (secondary N) is 1. The molecule has 4 heteroatoms. The molecule has 0 fully saturated rings. The van der Waals surface area contributed by atoms with Crippen molar-refractivity contribution in [3.05, 3.63) is 0 Å². The van der Waals surface area contributed by atoms with Crippen molar-refractivity contribution in [1.29, 1.82) is 0 Å². The number of hydrogen-bond donors (Lipinski definition) is 1. The quantitative estimate of drug-likeness (QED) is 0.260. The van der Waals surface area contributed by atoms with Gasteiger partial charge in [-0.25, -0.2) is 5.48 Å². The molecular formula is C11H24KNO2. The molecule has 0 rings (SSSR count). The predicted molar refractivity (Wildman–Crippen MR) is 64.9 cm³/mol. The van der Waals surface area contributed by atoms with Crippen LogP contribution in [-0.4, -0.2) is 64.4 Å². The van der Waals surface area contributed by atoms with Crippen molar-refractivity contribution in [3.63, 3.8) is 0 Å². The van der Waals surface area contributed by atoms with Crippen LogP contribution in [0.25, 0.3) is 0 Å². The molecule has 0 aromatic carbocycles. The van der Waals surface area contributed by atoms with E-state index in [0.29, 0.717) is 13.0 Å². The van der Waals surface area contributed by atoms with E-state index in [2.05, 4.69) is 12.4 Å². The van der Waals surface area contributed by atoms with Crippen molar-refractivity contribution in [2.24, 2.45) is 0 Å². The summed E-state index contributed by atoms with van der Waals surface area (Å²) >= 11 is 0. The maximum absolute atomic E-state index is 9.80. The van der Waals surface area contributed by atoms with E-state index in [4.69, 9.17) is 4.84 Å². The molecule has 0 spiro atoms. The van der Waals surface area contributed by atoms with E-state index in [-0.39, 0.29) is 51.4 Å². The van der Waals surface area contributed by atoms with Gasteiger partial charge in [0, 0.05) is 0 Å². The fraction of sp³-hybridized carbons (Fsp3) is 0.909. The third-order valence-electron chi connectivity index (χ3n) is 2.23. The molecule has 0 heterocycles. The first-order chi connectivity index (χ1) is 6.91. The van der Waals surface area contributed by atoms with E-state index in [1.54, 1.807) is 0 Å². The minimum atomic E-state index is 0. The number of hydrogen-bond acceptors (Lipinski definition) is 2. The van der Waals surface area contributed by atoms with E-state index in [1.807, 2.05) is 0 Å². The van der Waals surface area contributed by atoms with Crippen LogP contribution in [0.4, 0.5) is 0 Å². The summed E-state index contributed by atoms with van der Waals surface area (Å²) in [4.78, 5) is 14.6. The SMILES string of the molecule is CCCCCCCCCCONC=O.[KH]. The zero-order valence-electron chi connectivity index (χ0n) is 9.26. The van der Waals surface area contributed by atoms with Crippen LogP contribution in [0, 0.1) is 0 Å². The third kappa shape index (κ3) is 17.7. The summed E-state index contributed by atoms with van der Waals surface area (Å²) in [5.74, 6) is 0. The zero-order valence-corrected chi connectivity index (χ0v) is 9.26. The molecule has 0 atom stereocenters. The summed E-state index contributed by atoms with van der Waals surface area (Å²) in [5, 5.41) is 0. The molecule has 0 saturated heterocycles. The Balaban J connectivity index is 0. The van der Waals surface area contributed by atoms with Gasteiger partial charge in [-0.1, -0.05) is 51.9 Å².